The molecule has 0 amide bonds. The molecule has 0 heteroatoms. The molecule has 0 radical (unpaired) electrons. The van der Waals surface area contributed by atoms with Gasteiger partial charge in [-0.25, -0.2) is 0 Å². The SMILES string of the molecule is C.Cc1cccc(-c2ccccc2-c2cccc(C)c2)c1. The van der Waals surface area contributed by atoms with Gasteiger partial charge in [0.05, 0.1) is 0 Å². The van der Waals surface area contributed by atoms with Crippen molar-refractivity contribution in [1.29, 1.82) is 0 Å². The fourth-order valence-electron chi connectivity index (χ4n) is 2.61. The molecule has 0 nitrogen and oxygen atoms in total. The van der Waals surface area contributed by atoms with Crippen molar-refractivity contribution in [2.75, 3.05) is 0 Å². The van der Waals surface area contributed by atoms with Crippen LogP contribution in [-0.4, -0.2) is 0 Å². The van der Waals surface area contributed by atoms with Crippen molar-refractivity contribution < 1.29 is 0 Å². The average Bonchev–Trinajstić information content (AvgIpc) is 2.47. The zero-order valence-corrected chi connectivity index (χ0v) is 11.9. The van der Waals surface area contributed by atoms with Gasteiger partial charge in [0, 0.05) is 0 Å². The Morgan fingerprint density at radius 2 is 0.952 bits per heavy atom. The van der Waals surface area contributed by atoms with E-state index in [9.17, 15) is 0 Å². The third kappa shape index (κ3) is 3.22. The topological polar surface area (TPSA) is 0 Å². The Morgan fingerprint density at radius 3 is 1.33 bits per heavy atom. The zero-order valence-electron chi connectivity index (χ0n) is 11.9. The highest BCUT2D eigenvalue weighted by Gasteiger charge is 2.06. The van der Waals surface area contributed by atoms with Gasteiger partial charge in [-0.15, -0.1) is 0 Å². The van der Waals surface area contributed by atoms with Gasteiger partial charge in [0.1, 0.15) is 0 Å². The van der Waals surface area contributed by atoms with Crippen molar-refractivity contribution in [2.45, 2.75) is 21.3 Å². The van der Waals surface area contributed by atoms with Crippen LogP contribution in [0.15, 0.2) is 72.8 Å². The van der Waals surface area contributed by atoms with Crippen molar-refractivity contribution in [2.24, 2.45) is 0 Å². The Bertz CT molecular complexity index is 674. The molecule has 0 N–H and O–H groups in total. The molecule has 0 saturated heterocycles. The highest BCUT2D eigenvalue weighted by molar-refractivity contribution is 5.83. The summed E-state index contributed by atoms with van der Waals surface area (Å²) < 4.78 is 0. The molecule has 21 heavy (non-hydrogen) atoms. The smallest absolute Gasteiger partial charge is 0.0105 e. The molecule has 0 atom stereocenters. The molecule has 3 rings (SSSR count). The molecule has 3 aromatic rings. The second-order valence-corrected chi connectivity index (χ2v) is 5.28. The highest BCUT2D eigenvalue weighted by Crippen LogP contribution is 2.32. The molecule has 0 aliphatic carbocycles. The van der Waals surface area contributed by atoms with Crippen LogP contribution in [-0.2, 0) is 0 Å². The maximum Gasteiger partial charge on any atom is -0.0105 e. The van der Waals surface area contributed by atoms with E-state index >= 15 is 0 Å². The number of aryl methyl sites for hydroxylation is 2. The number of rotatable bonds is 2. The van der Waals surface area contributed by atoms with E-state index in [1.807, 2.05) is 0 Å². The molecule has 0 spiro atoms. The monoisotopic (exact) mass is 274 g/mol. The zero-order chi connectivity index (χ0) is 13.9. The first-order valence-corrected chi connectivity index (χ1v) is 6.97. The normalized spacial score (nSPS) is 10.0. The lowest BCUT2D eigenvalue weighted by Gasteiger charge is -2.11. The molecule has 0 saturated carbocycles. The Hall–Kier alpha value is -2.34. The Balaban J connectivity index is 0.00000161. The highest BCUT2D eigenvalue weighted by atomic mass is 14.1. The summed E-state index contributed by atoms with van der Waals surface area (Å²) in [7, 11) is 0. The van der Waals surface area contributed by atoms with Gasteiger partial charge in [-0.3, -0.25) is 0 Å². The van der Waals surface area contributed by atoms with Crippen LogP contribution in [0.1, 0.15) is 18.6 Å². The van der Waals surface area contributed by atoms with E-state index in [-0.39, 0.29) is 7.43 Å². The largest absolute Gasteiger partial charge is 0.0776 e. The molecule has 0 heterocycles. The van der Waals surface area contributed by atoms with Crippen LogP contribution in [0.5, 0.6) is 0 Å². The van der Waals surface area contributed by atoms with Crippen molar-refractivity contribution in [3.8, 4) is 22.3 Å². The quantitative estimate of drug-likeness (QED) is 0.516. The van der Waals surface area contributed by atoms with Gasteiger partial charge in [-0.2, -0.15) is 0 Å². The molecule has 0 aliphatic heterocycles. The van der Waals surface area contributed by atoms with Crippen LogP contribution in [0.25, 0.3) is 22.3 Å². The number of hydrogen-bond donors (Lipinski definition) is 0. The minimum atomic E-state index is 0. The van der Waals surface area contributed by atoms with Crippen LogP contribution in [0.2, 0.25) is 0 Å². The minimum Gasteiger partial charge on any atom is -0.0776 e. The maximum atomic E-state index is 2.24. The molecular formula is C21H22. The third-order valence-electron chi connectivity index (χ3n) is 3.59. The molecular weight excluding hydrogens is 252 g/mol. The summed E-state index contributed by atoms with van der Waals surface area (Å²) in [5, 5.41) is 0. The summed E-state index contributed by atoms with van der Waals surface area (Å²) in [4.78, 5) is 0. The van der Waals surface area contributed by atoms with E-state index in [4.69, 9.17) is 0 Å². The minimum absolute atomic E-state index is 0. The Morgan fingerprint density at radius 1 is 0.524 bits per heavy atom. The molecule has 0 aromatic heterocycles. The second kappa shape index (κ2) is 6.41. The fourth-order valence-corrected chi connectivity index (χ4v) is 2.61. The fraction of sp³-hybridized carbons (Fsp3) is 0.143. The first-order chi connectivity index (χ1) is 9.74. The van der Waals surface area contributed by atoms with Crippen LogP contribution >= 0.6 is 0 Å². The number of benzene rings is 3. The van der Waals surface area contributed by atoms with Crippen molar-refractivity contribution >= 4 is 0 Å². The second-order valence-electron chi connectivity index (χ2n) is 5.28. The van der Waals surface area contributed by atoms with E-state index in [0.717, 1.165) is 0 Å². The van der Waals surface area contributed by atoms with Crippen molar-refractivity contribution in [1.82, 2.24) is 0 Å². The van der Waals surface area contributed by atoms with E-state index in [1.54, 1.807) is 0 Å². The molecule has 0 fully saturated rings. The lowest BCUT2D eigenvalue weighted by molar-refractivity contribution is 1.45. The van der Waals surface area contributed by atoms with Gasteiger partial charge in [0.2, 0.25) is 0 Å². The van der Waals surface area contributed by atoms with Crippen LogP contribution in [0.3, 0.4) is 0 Å². The van der Waals surface area contributed by atoms with Gasteiger partial charge in [0.25, 0.3) is 0 Å². The summed E-state index contributed by atoms with van der Waals surface area (Å²) >= 11 is 0. The molecule has 106 valence electrons. The standard InChI is InChI=1S/C20H18.CH4/c1-15-7-5-9-17(13-15)19-11-3-4-12-20(19)18-10-6-8-16(2)14-18;/h3-14H,1-2H3;1H4. The first kappa shape index (κ1) is 15.1. The van der Waals surface area contributed by atoms with Crippen molar-refractivity contribution in [3.63, 3.8) is 0 Å². The van der Waals surface area contributed by atoms with E-state index < -0.39 is 0 Å². The number of hydrogen-bond acceptors (Lipinski definition) is 0. The van der Waals surface area contributed by atoms with Gasteiger partial charge in [0.15, 0.2) is 0 Å². The molecule has 0 unspecified atom stereocenters. The maximum absolute atomic E-state index is 2.24. The van der Waals surface area contributed by atoms with E-state index in [1.165, 1.54) is 33.4 Å². The van der Waals surface area contributed by atoms with E-state index in [0.29, 0.717) is 0 Å². The summed E-state index contributed by atoms with van der Waals surface area (Å²) in [5.74, 6) is 0. The lowest BCUT2D eigenvalue weighted by Crippen LogP contribution is -1.86. The van der Waals surface area contributed by atoms with Crippen LogP contribution in [0.4, 0.5) is 0 Å². The Kier molecular flexibility index (Phi) is 4.59. The molecule has 0 aliphatic rings. The van der Waals surface area contributed by atoms with Crippen LogP contribution in [0, 0.1) is 13.8 Å². The van der Waals surface area contributed by atoms with Gasteiger partial charge in [-0.05, 0) is 36.1 Å². The molecule has 0 bridgehead atoms. The third-order valence-corrected chi connectivity index (χ3v) is 3.59. The average molecular weight is 274 g/mol. The van der Waals surface area contributed by atoms with Gasteiger partial charge in [-0.1, -0.05) is 91.3 Å². The Labute approximate surface area is 128 Å². The summed E-state index contributed by atoms with van der Waals surface area (Å²) in [5.41, 5.74) is 7.73. The predicted molar refractivity (Wildman–Crippen MR) is 93.5 cm³/mol. The summed E-state index contributed by atoms with van der Waals surface area (Å²) in [6.45, 7) is 4.28. The van der Waals surface area contributed by atoms with Gasteiger partial charge >= 0.3 is 0 Å². The van der Waals surface area contributed by atoms with Crippen LogP contribution < -0.4 is 0 Å². The molecule has 3 aromatic carbocycles. The lowest BCUT2D eigenvalue weighted by atomic mass is 9.93. The van der Waals surface area contributed by atoms with Gasteiger partial charge < -0.3 is 0 Å². The van der Waals surface area contributed by atoms with E-state index in [2.05, 4.69) is 86.6 Å². The summed E-state index contributed by atoms with van der Waals surface area (Å²) in [6, 6.07) is 26.0. The summed E-state index contributed by atoms with van der Waals surface area (Å²) in [6.07, 6.45) is 0. The first-order valence-electron chi connectivity index (χ1n) is 6.97. The predicted octanol–water partition coefficient (Wildman–Crippen LogP) is 6.27. The van der Waals surface area contributed by atoms with Crippen molar-refractivity contribution in [3.05, 3.63) is 83.9 Å².